The van der Waals surface area contributed by atoms with E-state index in [1.807, 2.05) is 4.57 Å². The van der Waals surface area contributed by atoms with Gasteiger partial charge in [-0.25, -0.2) is 13.1 Å². The maximum atomic E-state index is 13.2. The van der Waals surface area contributed by atoms with Crippen LogP contribution >= 0.6 is 11.6 Å². The van der Waals surface area contributed by atoms with Crippen LogP contribution in [0.2, 0.25) is 5.02 Å². The van der Waals surface area contributed by atoms with Crippen LogP contribution in [0.1, 0.15) is 23.3 Å². The molecule has 4 rings (SSSR count). The number of nitrogens with one attached hydrogen (secondary N) is 3. The molecule has 0 bridgehead atoms. The topological polar surface area (TPSA) is 113 Å². The van der Waals surface area contributed by atoms with Gasteiger partial charge in [0.1, 0.15) is 5.69 Å². The average Bonchev–Trinajstić information content (AvgIpc) is 3.01. The summed E-state index contributed by atoms with van der Waals surface area (Å²) in [4.78, 5) is 28.5. The number of sulfonamides is 1. The second kappa shape index (κ2) is 8.49. The quantitative estimate of drug-likeness (QED) is 0.538. The molecule has 0 atom stereocenters. The SMILES string of the molecule is CS(=O)(=O)NC(=O)c1c(-c2ccc[nH]c2=O)c2cc(Cl)ccc2n1CC1CCNCC1. The zero-order chi connectivity index (χ0) is 22.2. The van der Waals surface area contributed by atoms with Crippen LogP contribution < -0.4 is 15.6 Å². The third kappa shape index (κ3) is 4.53. The Morgan fingerprint density at radius 2 is 2.00 bits per heavy atom. The average molecular weight is 463 g/mol. The Bertz CT molecular complexity index is 1310. The molecule has 3 N–H and O–H groups in total. The fourth-order valence-electron chi connectivity index (χ4n) is 4.18. The number of halogens is 1. The molecule has 1 amide bonds. The number of hydrogen-bond acceptors (Lipinski definition) is 5. The van der Waals surface area contributed by atoms with Crippen molar-refractivity contribution in [1.29, 1.82) is 0 Å². The van der Waals surface area contributed by atoms with Crippen LogP contribution in [-0.2, 0) is 16.6 Å². The monoisotopic (exact) mass is 462 g/mol. The van der Waals surface area contributed by atoms with E-state index >= 15 is 0 Å². The number of fused-ring (bicyclic) bond motifs is 1. The maximum Gasteiger partial charge on any atom is 0.282 e. The van der Waals surface area contributed by atoms with Gasteiger partial charge in [-0.2, -0.15) is 0 Å². The van der Waals surface area contributed by atoms with E-state index in [0.29, 0.717) is 28.4 Å². The number of H-pyrrole nitrogens is 1. The number of benzene rings is 1. The number of rotatable bonds is 5. The van der Waals surface area contributed by atoms with Crippen molar-refractivity contribution in [1.82, 2.24) is 19.6 Å². The summed E-state index contributed by atoms with van der Waals surface area (Å²) >= 11 is 6.26. The summed E-state index contributed by atoms with van der Waals surface area (Å²) < 4.78 is 27.6. The molecule has 8 nitrogen and oxygen atoms in total. The van der Waals surface area contributed by atoms with Gasteiger partial charge in [-0.15, -0.1) is 0 Å². The highest BCUT2D eigenvalue weighted by Crippen LogP contribution is 2.36. The molecule has 1 fully saturated rings. The first kappa shape index (κ1) is 21.6. The number of piperidine rings is 1. The summed E-state index contributed by atoms with van der Waals surface area (Å²) in [6.45, 7) is 2.29. The number of amides is 1. The molecule has 1 aromatic carbocycles. The third-order valence-corrected chi connectivity index (χ3v) is 6.30. The predicted molar refractivity (Wildman–Crippen MR) is 121 cm³/mol. The van der Waals surface area contributed by atoms with Crippen molar-refractivity contribution in [2.45, 2.75) is 19.4 Å². The summed E-state index contributed by atoms with van der Waals surface area (Å²) in [5, 5.41) is 4.40. The molecule has 1 aliphatic heterocycles. The van der Waals surface area contributed by atoms with E-state index in [1.165, 1.54) is 6.20 Å². The van der Waals surface area contributed by atoms with Crippen molar-refractivity contribution in [3.63, 3.8) is 0 Å². The molecule has 0 radical (unpaired) electrons. The Labute approximate surface area is 184 Å². The van der Waals surface area contributed by atoms with Crippen molar-refractivity contribution < 1.29 is 13.2 Å². The summed E-state index contributed by atoms with van der Waals surface area (Å²) in [5.74, 6) is -0.471. The summed E-state index contributed by atoms with van der Waals surface area (Å²) in [5.41, 5.74) is 1.13. The summed E-state index contributed by atoms with van der Waals surface area (Å²) in [6.07, 6.45) is 4.29. The van der Waals surface area contributed by atoms with Gasteiger partial charge in [0.2, 0.25) is 10.0 Å². The van der Waals surface area contributed by atoms with Crippen LogP contribution in [0.15, 0.2) is 41.3 Å². The van der Waals surface area contributed by atoms with E-state index in [4.69, 9.17) is 11.6 Å². The Hall–Kier alpha value is -2.62. The Balaban J connectivity index is 2.01. The first-order valence-corrected chi connectivity index (χ1v) is 12.2. The molecule has 0 saturated carbocycles. The van der Waals surface area contributed by atoms with Crippen LogP contribution in [0.25, 0.3) is 22.0 Å². The first-order valence-electron chi connectivity index (χ1n) is 9.97. The number of carbonyl (C=O) groups excluding carboxylic acids is 1. The van der Waals surface area contributed by atoms with Crippen molar-refractivity contribution in [2.24, 2.45) is 5.92 Å². The number of pyridine rings is 1. The second-order valence-electron chi connectivity index (χ2n) is 7.81. The van der Waals surface area contributed by atoms with E-state index in [9.17, 15) is 18.0 Å². The van der Waals surface area contributed by atoms with E-state index in [-0.39, 0.29) is 16.8 Å². The molecule has 0 unspecified atom stereocenters. The molecule has 1 aliphatic rings. The lowest BCUT2D eigenvalue weighted by molar-refractivity contribution is 0.0972. The van der Waals surface area contributed by atoms with Crippen LogP contribution in [0, 0.1) is 5.92 Å². The van der Waals surface area contributed by atoms with E-state index in [0.717, 1.165) is 37.7 Å². The number of carbonyl (C=O) groups is 1. The summed E-state index contributed by atoms with van der Waals surface area (Å²) in [7, 11) is -3.81. The molecular weight excluding hydrogens is 440 g/mol. The number of aromatic nitrogens is 2. The standard InChI is InChI=1S/C21H23ClN4O4S/c1-31(29,30)25-21(28)19-18(15-3-2-8-24-20(15)27)16-11-14(22)4-5-17(16)26(19)12-13-6-9-23-10-7-13/h2-5,8,11,13,23H,6-7,9-10,12H2,1H3,(H,24,27)(H,25,28). The van der Waals surface area contributed by atoms with Gasteiger partial charge in [0.05, 0.1) is 6.26 Å². The largest absolute Gasteiger partial charge is 0.336 e. The van der Waals surface area contributed by atoms with Gasteiger partial charge in [-0.1, -0.05) is 11.6 Å². The van der Waals surface area contributed by atoms with E-state index in [1.54, 1.807) is 30.3 Å². The van der Waals surface area contributed by atoms with Gasteiger partial charge in [-0.05, 0) is 62.2 Å². The molecule has 3 heterocycles. The van der Waals surface area contributed by atoms with Gasteiger partial charge in [-0.3, -0.25) is 9.59 Å². The number of nitrogens with zero attached hydrogens (tertiary/aromatic N) is 1. The normalized spacial score (nSPS) is 15.3. The minimum atomic E-state index is -3.81. The Morgan fingerprint density at radius 3 is 2.68 bits per heavy atom. The third-order valence-electron chi connectivity index (χ3n) is 5.51. The second-order valence-corrected chi connectivity index (χ2v) is 9.99. The minimum Gasteiger partial charge on any atom is -0.336 e. The molecule has 0 spiro atoms. The van der Waals surface area contributed by atoms with Gasteiger partial charge in [0, 0.05) is 39.8 Å². The fraction of sp³-hybridized carbons (Fsp3) is 0.333. The van der Waals surface area contributed by atoms with Gasteiger partial charge in [0.15, 0.2) is 0 Å². The molecule has 31 heavy (non-hydrogen) atoms. The molecule has 10 heteroatoms. The molecule has 2 aromatic heterocycles. The van der Waals surface area contributed by atoms with Crippen molar-refractivity contribution in [3.05, 3.63) is 57.6 Å². The Morgan fingerprint density at radius 1 is 1.26 bits per heavy atom. The van der Waals surface area contributed by atoms with Crippen LogP contribution in [0.3, 0.4) is 0 Å². The lowest BCUT2D eigenvalue weighted by atomic mass is 9.98. The maximum absolute atomic E-state index is 13.2. The van der Waals surface area contributed by atoms with Crippen LogP contribution in [0.5, 0.6) is 0 Å². The number of aromatic amines is 1. The predicted octanol–water partition coefficient (Wildman–Crippen LogP) is 2.34. The molecule has 3 aromatic rings. The zero-order valence-corrected chi connectivity index (χ0v) is 18.5. The van der Waals surface area contributed by atoms with Gasteiger partial charge < -0.3 is 14.9 Å². The zero-order valence-electron chi connectivity index (χ0n) is 16.9. The summed E-state index contributed by atoms with van der Waals surface area (Å²) in [6, 6.07) is 8.50. The van der Waals surface area contributed by atoms with E-state index in [2.05, 4.69) is 15.0 Å². The fourth-order valence-corrected chi connectivity index (χ4v) is 4.79. The lowest BCUT2D eigenvalue weighted by Crippen LogP contribution is -2.34. The van der Waals surface area contributed by atoms with Crippen molar-refractivity contribution in [2.75, 3.05) is 19.3 Å². The number of hydrogen-bond donors (Lipinski definition) is 3. The van der Waals surface area contributed by atoms with Crippen LogP contribution in [-0.4, -0.2) is 43.2 Å². The highest BCUT2D eigenvalue weighted by atomic mass is 35.5. The Kier molecular flexibility index (Phi) is 5.92. The van der Waals surface area contributed by atoms with Gasteiger partial charge in [0.25, 0.3) is 11.5 Å². The van der Waals surface area contributed by atoms with Crippen molar-refractivity contribution in [3.8, 4) is 11.1 Å². The highest BCUT2D eigenvalue weighted by Gasteiger charge is 2.28. The first-order chi connectivity index (χ1) is 14.7. The molecule has 164 valence electrons. The van der Waals surface area contributed by atoms with E-state index < -0.39 is 15.9 Å². The van der Waals surface area contributed by atoms with Crippen molar-refractivity contribution >= 4 is 38.4 Å². The minimum absolute atomic E-state index is 0.137. The molecule has 1 saturated heterocycles. The smallest absolute Gasteiger partial charge is 0.282 e. The lowest BCUT2D eigenvalue weighted by Gasteiger charge is -2.24. The van der Waals surface area contributed by atoms with Gasteiger partial charge >= 0.3 is 0 Å². The molecule has 0 aliphatic carbocycles. The highest BCUT2D eigenvalue weighted by molar-refractivity contribution is 7.89. The van der Waals surface area contributed by atoms with Crippen LogP contribution in [0.4, 0.5) is 0 Å². The molecular formula is C21H23ClN4O4S.